The smallest absolute Gasteiger partial charge is 0.339 e. The van der Waals surface area contributed by atoms with Gasteiger partial charge in [0, 0.05) is 5.56 Å². The number of hydrogen-bond donors (Lipinski definition) is 0. The number of esters is 1. The number of Topliss-reactive ketones (excluding diaryl/α,β-unsaturated/α-hetero) is 1. The number of hydrogen-bond acceptors (Lipinski definition) is 3. The van der Waals surface area contributed by atoms with Gasteiger partial charge in [-0.05, 0) is 26.0 Å². The molecule has 0 heterocycles. The first-order chi connectivity index (χ1) is 7.99. The summed E-state index contributed by atoms with van der Waals surface area (Å²) < 4.78 is 4.86. The second-order valence-corrected chi connectivity index (χ2v) is 5.12. The molecule has 0 fully saturated rings. The average Bonchev–Trinajstić information content (AvgIpc) is 2.28. The van der Waals surface area contributed by atoms with Crippen LogP contribution in [-0.2, 0) is 4.74 Å². The van der Waals surface area contributed by atoms with Crippen LogP contribution < -0.4 is 0 Å². The highest BCUT2D eigenvalue weighted by molar-refractivity contribution is 9.10. The molecule has 0 spiro atoms. The molecule has 0 saturated heterocycles. The summed E-state index contributed by atoms with van der Waals surface area (Å²) in [4.78, 5) is 23.0. The van der Waals surface area contributed by atoms with Crippen molar-refractivity contribution in [2.75, 3.05) is 6.61 Å². The first-order valence-electron chi connectivity index (χ1n) is 5.13. The third-order valence-corrected chi connectivity index (χ3v) is 2.94. The van der Waals surface area contributed by atoms with E-state index < -0.39 is 5.97 Å². The SMILES string of the molecule is CCOC(=O)c1cccc(C(=O)C(C)Br)c1Cl. The van der Waals surface area contributed by atoms with Crippen molar-refractivity contribution in [2.45, 2.75) is 18.7 Å². The molecule has 17 heavy (non-hydrogen) atoms. The minimum Gasteiger partial charge on any atom is -0.462 e. The van der Waals surface area contributed by atoms with E-state index in [9.17, 15) is 9.59 Å². The zero-order valence-corrected chi connectivity index (χ0v) is 11.8. The van der Waals surface area contributed by atoms with Gasteiger partial charge in [-0.2, -0.15) is 0 Å². The van der Waals surface area contributed by atoms with Crippen molar-refractivity contribution in [2.24, 2.45) is 0 Å². The Hall–Kier alpha value is -0.870. The maximum atomic E-state index is 11.8. The molecule has 0 amide bonds. The summed E-state index contributed by atoms with van der Waals surface area (Å²) in [5, 5.41) is 0.141. The van der Waals surface area contributed by atoms with Crippen molar-refractivity contribution in [3.05, 3.63) is 34.3 Å². The van der Waals surface area contributed by atoms with Crippen molar-refractivity contribution < 1.29 is 14.3 Å². The highest BCUT2D eigenvalue weighted by Gasteiger charge is 2.20. The second-order valence-electron chi connectivity index (χ2n) is 3.37. The van der Waals surface area contributed by atoms with Crippen molar-refractivity contribution in [1.29, 1.82) is 0 Å². The highest BCUT2D eigenvalue weighted by Crippen LogP contribution is 2.24. The van der Waals surface area contributed by atoms with Crippen molar-refractivity contribution in [3.8, 4) is 0 Å². The molecule has 1 aromatic carbocycles. The summed E-state index contributed by atoms with van der Waals surface area (Å²) in [6.07, 6.45) is 0. The van der Waals surface area contributed by atoms with Gasteiger partial charge in [-0.3, -0.25) is 4.79 Å². The summed E-state index contributed by atoms with van der Waals surface area (Å²) in [5.41, 5.74) is 0.536. The quantitative estimate of drug-likeness (QED) is 0.485. The lowest BCUT2D eigenvalue weighted by Crippen LogP contribution is -2.13. The van der Waals surface area contributed by atoms with E-state index in [0.717, 1.165) is 0 Å². The maximum absolute atomic E-state index is 11.8. The van der Waals surface area contributed by atoms with Gasteiger partial charge in [-0.25, -0.2) is 4.79 Å². The molecule has 0 N–H and O–H groups in total. The van der Waals surface area contributed by atoms with Crippen molar-refractivity contribution >= 4 is 39.3 Å². The molecule has 1 atom stereocenters. The van der Waals surface area contributed by atoms with Crippen LogP contribution in [0.25, 0.3) is 0 Å². The van der Waals surface area contributed by atoms with Gasteiger partial charge in [0.25, 0.3) is 0 Å². The Balaban J connectivity index is 3.16. The van der Waals surface area contributed by atoms with Crippen molar-refractivity contribution in [3.63, 3.8) is 0 Å². The zero-order valence-electron chi connectivity index (χ0n) is 9.50. The van der Waals surface area contributed by atoms with Crippen LogP contribution in [0.5, 0.6) is 0 Å². The van der Waals surface area contributed by atoms with Crippen LogP contribution in [0.1, 0.15) is 34.6 Å². The Morgan fingerprint density at radius 3 is 2.53 bits per heavy atom. The molecule has 5 heteroatoms. The van der Waals surface area contributed by atoms with E-state index in [1.54, 1.807) is 26.0 Å². The van der Waals surface area contributed by atoms with E-state index in [2.05, 4.69) is 15.9 Å². The molecular formula is C12H12BrClO3. The van der Waals surface area contributed by atoms with Crippen LogP contribution in [0, 0.1) is 0 Å². The molecule has 0 saturated carbocycles. The predicted molar refractivity (Wildman–Crippen MR) is 70.1 cm³/mol. The summed E-state index contributed by atoms with van der Waals surface area (Å²) in [5.74, 6) is -0.685. The number of carbonyl (C=O) groups excluding carboxylic acids is 2. The molecule has 0 aliphatic rings. The Kier molecular flexibility index (Phi) is 5.15. The minimum atomic E-state index is -0.519. The third kappa shape index (κ3) is 3.30. The first-order valence-corrected chi connectivity index (χ1v) is 6.42. The number of alkyl halides is 1. The number of ketones is 1. The minimum absolute atomic E-state index is 0.141. The van der Waals surface area contributed by atoms with E-state index in [0.29, 0.717) is 5.56 Å². The Morgan fingerprint density at radius 1 is 1.41 bits per heavy atom. The lowest BCUT2D eigenvalue weighted by atomic mass is 10.1. The van der Waals surface area contributed by atoms with E-state index >= 15 is 0 Å². The van der Waals surface area contributed by atoms with Gasteiger partial charge in [0.1, 0.15) is 0 Å². The van der Waals surface area contributed by atoms with Gasteiger partial charge >= 0.3 is 5.97 Å². The molecule has 0 bridgehead atoms. The number of ether oxygens (including phenoxy) is 1. The molecule has 1 unspecified atom stereocenters. The van der Waals surface area contributed by atoms with Gasteiger partial charge in [0.2, 0.25) is 0 Å². The maximum Gasteiger partial charge on any atom is 0.339 e. The van der Waals surface area contributed by atoms with Gasteiger partial charge in [-0.15, -0.1) is 0 Å². The largest absolute Gasteiger partial charge is 0.462 e. The number of benzene rings is 1. The fourth-order valence-corrected chi connectivity index (χ4v) is 1.85. The molecule has 1 rings (SSSR count). The normalized spacial score (nSPS) is 12.0. The fraction of sp³-hybridized carbons (Fsp3) is 0.333. The van der Waals surface area contributed by atoms with E-state index in [4.69, 9.17) is 16.3 Å². The van der Waals surface area contributed by atoms with Crippen LogP contribution in [0.2, 0.25) is 5.02 Å². The summed E-state index contributed by atoms with van der Waals surface area (Å²) in [7, 11) is 0. The summed E-state index contributed by atoms with van der Waals surface area (Å²) >= 11 is 9.21. The van der Waals surface area contributed by atoms with Crippen LogP contribution in [-0.4, -0.2) is 23.2 Å². The monoisotopic (exact) mass is 318 g/mol. The first kappa shape index (κ1) is 14.2. The van der Waals surface area contributed by atoms with Crippen LogP contribution in [0.3, 0.4) is 0 Å². The average molecular weight is 320 g/mol. The molecule has 0 aliphatic heterocycles. The number of rotatable bonds is 4. The standard InChI is InChI=1S/C12H12BrClO3/c1-3-17-12(16)9-6-4-5-8(10(9)14)11(15)7(2)13/h4-7H,3H2,1-2H3. The third-order valence-electron chi connectivity index (χ3n) is 2.12. The molecule has 3 nitrogen and oxygen atoms in total. The molecule has 0 aromatic heterocycles. The fourth-order valence-electron chi connectivity index (χ4n) is 1.30. The Bertz CT molecular complexity index is 443. The Labute approximate surface area is 113 Å². The van der Waals surface area contributed by atoms with E-state index in [1.807, 2.05) is 0 Å². The van der Waals surface area contributed by atoms with Gasteiger partial charge in [0.15, 0.2) is 5.78 Å². The molecule has 0 aliphatic carbocycles. The van der Waals surface area contributed by atoms with Gasteiger partial charge in [-0.1, -0.05) is 33.6 Å². The molecule has 1 aromatic rings. The van der Waals surface area contributed by atoms with Gasteiger partial charge < -0.3 is 4.74 Å². The van der Waals surface area contributed by atoms with Crippen LogP contribution >= 0.6 is 27.5 Å². The molecule has 0 radical (unpaired) electrons. The van der Waals surface area contributed by atoms with Gasteiger partial charge in [0.05, 0.1) is 22.0 Å². The zero-order chi connectivity index (χ0) is 13.0. The lowest BCUT2D eigenvalue weighted by molar-refractivity contribution is 0.0526. The molecular weight excluding hydrogens is 307 g/mol. The molecule has 92 valence electrons. The number of carbonyl (C=O) groups is 2. The van der Waals surface area contributed by atoms with Crippen LogP contribution in [0.15, 0.2) is 18.2 Å². The van der Waals surface area contributed by atoms with Crippen molar-refractivity contribution in [1.82, 2.24) is 0 Å². The second kappa shape index (κ2) is 6.17. The topological polar surface area (TPSA) is 43.4 Å². The summed E-state index contributed by atoms with van der Waals surface area (Å²) in [6, 6.07) is 4.74. The Morgan fingerprint density at radius 2 is 2.00 bits per heavy atom. The predicted octanol–water partition coefficient (Wildman–Crippen LogP) is 3.48. The van der Waals surface area contributed by atoms with Crippen LogP contribution in [0.4, 0.5) is 0 Å². The number of halogens is 2. The summed E-state index contributed by atoms with van der Waals surface area (Å²) in [6.45, 7) is 3.68. The highest BCUT2D eigenvalue weighted by atomic mass is 79.9. The van der Waals surface area contributed by atoms with E-state index in [-0.39, 0.29) is 27.8 Å². The lowest BCUT2D eigenvalue weighted by Gasteiger charge is -2.09. The van der Waals surface area contributed by atoms with E-state index in [1.165, 1.54) is 6.07 Å².